The number of hydrogen-bond acceptors (Lipinski definition) is 4. The Morgan fingerprint density at radius 1 is 1.15 bits per heavy atom. The molecule has 0 saturated heterocycles. The minimum absolute atomic E-state index is 0.227. The summed E-state index contributed by atoms with van der Waals surface area (Å²) >= 11 is 5.99. The van der Waals surface area contributed by atoms with E-state index >= 15 is 0 Å². The SMILES string of the molecule is Cc1nn(C)c(C)c1Nc1nc(Cl)nc2ccccc12. The number of aryl methyl sites for hydroxylation is 2. The van der Waals surface area contributed by atoms with E-state index in [1.165, 1.54) is 0 Å². The molecule has 0 amide bonds. The van der Waals surface area contributed by atoms with Crippen LogP contribution >= 0.6 is 11.6 Å². The van der Waals surface area contributed by atoms with Crippen molar-refractivity contribution < 1.29 is 0 Å². The average Bonchev–Trinajstić information content (AvgIpc) is 2.65. The fourth-order valence-electron chi connectivity index (χ4n) is 2.22. The first kappa shape index (κ1) is 12.9. The zero-order chi connectivity index (χ0) is 14.3. The Bertz CT molecular complexity index is 794. The van der Waals surface area contributed by atoms with Crippen molar-refractivity contribution in [2.24, 2.45) is 7.05 Å². The summed E-state index contributed by atoms with van der Waals surface area (Å²) < 4.78 is 1.84. The molecule has 3 rings (SSSR count). The lowest BCUT2D eigenvalue weighted by Gasteiger charge is -2.09. The van der Waals surface area contributed by atoms with E-state index in [1.807, 2.05) is 49.8 Å². The lowest BCUT2D eigenvalue weighted by atomic mass is 10.2. The zero-order valence-corrected chi connectivity index (χ0v) is 12.2. The van der Waals surface area contributed by atoms with Crippen LogP contribution in [0.3, 0.4) is 0 Å². The molecule has 0 aliphatic rings. The molecule has 102 valence electrons. The molecule has 2 aromatic heterocycles. The first-order valence-electron chi connectivity index (χ1n) is 6.26. The molecular formula is C14H14ClN5. The molecule has 0 fully saturated rings. The molecule has 5 nitrogen and oxygen atoms in total. The summed E-state index contributed by atoms with van der Waals surface area (Å²) in [5, 5.41) is 8.87. The number of nitrogens with one attached hydrogen (secondary N) is 1. The van der Waals surface area contributed by atoms with E-state index in [0.717, 1.165) is 28.0 Å². The number of rotatable bonds is 2. The third-order valence-corrected chi connectivity index (χ3v) is 3.50. The fourth-order valence-corrected chi connectivity index (χ4v) is 2.39. The first-order valence-corrected chi connectivity index (χ1v) is 6.63. The Labute approximate surface area is 121 Å². The molecule has 20 heavy (non-hydrogen) atoms. The number of hydrogen-bond donors (Lipinski definition) is 1. The van der Waals surface area contributed by atoms with Crippen molar-refractivity contribution in [2.75, 3.05) is 5.32 Å². The third kappa shape index (κ3) is 2.10. The number of aromatic nitrogens is 4. The Morgan fingerprint density at radius 2 is 1.90 bits per heavy atom. The second kappa shape index (κ2) is 4.76. The van der Waals surface area contributed by atoms with Gasteiger partial charge in [0.25, 0.3) is 0 Å². The maximum atomic E-state index is 5.99. The van der Waals surface area contributed by atoms with E-state index in [2.05, 4.69) is 20.4 Å². The number of fused-ring (bicyclic) bond motifs is 1. The predicted octanol–water partition coefficient (Wildman–Crippen LogP) is 3.38. The van der Waals surface area contributed by atoms with Gasteiger partial charge in [-0.3, -0.25) is 4.68 Å². The van der Waals surface area contributed by atoms with E-state index in [0.29, 0.717) is 5.82 Å². The monoisotopic (exact) mass is 287 g/mol. The third-order valence-electron chi connectivity index (χ3n) is 3.33. The lowest BCUT2D eigenvalue weighted by Crippen LogP contribution is -1.99. The number of nitrogens with zero attached hydrogens (tertiary/aromatic N) is 4. The molecule has 1 N–H and O–H groups in total. The van der Waals surface area contributed by atoms with Gasteiger partial charge in [0.1, 0.15) is 5.82 Å². The van der Waals surface area contributed by atoms with Crippen LogP contribution in [0.5, 0.6) is 0 Å². The molecular weight excluding hydrogens is 274 g/mol. The summed E-state index contributed by atoms with van der Waals surface area (Å²) in [6, 6.07) is 7.76. The van der Waals surface area contributed by atoms with Crippen LogP contribution in [-0.4, -0.2) is 19.7 Å². The molecule has 2 heterocycles. The van der Waals surface area contributed by atoms with Gasteiger partial charge < -0.3 is 5.32 Å². The lowest BCUT2D eigenvalue weighted by molar-refractivity contribution is 0.731. The highest BCUT2D eigenvalue weighted by molar-refractivity contribution is 6.28. The highest BCUT2D eigenvalue weighted by Crippen LogP contribution is 2.28. The second-order valence-corrected chi connectivity index (χ2v) is 4.99. The van der Waals surface area contributed by atoms with Crippen LogP contribution < -0.4 is 5.32 Å². The summed E-state index contributed by atoms with van der Waals surface area (Å²) in [6.45, 7) is 3.97. The molecule has 6 heteroatoms. The minimum atomic E-state index is 0.227. The van der Waals surface area contributed by atoms with Gasteiger partial charge >= 0.3 is 0 Å². The Kier molecular flexibility index (Phi) is 3.06. The van der Waals surface area contributed by atoms with Crippen molar-refractivity contribution in [3.05, 3.63) is 40.9 Å². The average molecular weight is 288 g/mol. The molecule has 0 radical (unpaired) electrons. The van der Waals surface area contributed by atoms with Crippen molar-refractivity contribution in [2.45, 2.75) is 13.8 Å². The summed E-state index contributed by atoms with van der Waals surface area (Å²) in [7, 11) is 1.92. The number of halogens is 1. The normalized spacial score (nSPS) is 11.0. The zero-order valence-electron chi connectivity index (χ0n) is 11.5. The topological polar surface area (TPSA) is 55.6 Å². The van der Waals surface area contributed by atoms with Crippen LogP contribution in [0.4, 0.5) is 11.5 Å². The van der Waals surface area contributed by atoms with Gasteiger partial charge in [0.15, 0.2) is 0 Å². The Morgan fingerprint density at radius 3 is 2.60 bits per heavy atom. The Hall–Kier alpha value is -2.14. The van der Waals surface area contributed by atoms with Gasteiger partial charge in [-0.1, -0.05) is 12.1 Å². The standard InChI is InChI=1S/C14H14ClN5/c1-8-12(9(2)20(3)19-8)17-13-10-6-4-5-7-11(10)16-14(15)18-13/h4-7H,1-3H3,(H,16,17,18). The highest BCUT2D eigenvalue weighted by Gasteiger charge is 2.12. The van der Waals surface area contributed by atoms with E-state index < -0.39 is 0 Å². The van der Waals surface area contributed by atoms with Crippen LogP contribution in [0.25, 0.3) is 10.9 Å². The Balaban J connectivity index is 2.15. The van der Waals surface area contributed by atoms with Gasteiger partial charge in [-0.05, 0) is 37.6 Å². The molecule has 0 unspecified atom stereocenters. The number of para-hydroxylation sites is 1. The van der Waals surface area contributed by atoms with Crippen molar-refractivity contribution >= 4 is 34.0 Å². The van der Waals surface area contributed by atoms with Gasteiger partial charge in [0.2, 0.25) is 5.28 Å². The molecule has 3 aromatic rings. The molecule has 0 atom stereocenters. The summed E-state index contributed by atoms with van der Waals surface area (Å²) in [5.41, 5.74) is 3.73. The van der Waals surface area contributed by atoms with Gasteiger partial charge in [0.05, 0.1) is 22.6 Å². The van der Waals surface area contributed by atoms with E-state index in [1.54, 1.807) is 0 Å². The van der Waals surface area contributed by atoms with Crippen LogP contribution in [0.15, 0.2) is 24.3 Å². The minimum Gasteiger partial charge on any atom is -0.337 e. The van der Waals surface area contributed by atoms with Crippen LogP contribution in [-0.2, 0) is 7.05 Å². The summed E-state index contributed by atoms with van der Waals surface area (Å²) in [6.07, 6.45) is 0. The van der Waals surface area contributed by atoms with Crippen LogP contribution in [0.1, 0.15) is 11.4 Å². The molecule has 0 spiro atoms. The maximum absolute atomic E-state index is 5.99. The summed E-state index contributed by atoms with van der Waals surface area (Å²) in [4.78, 5) is 8.52. The first-order chi connectivity index (χ1) is 9.56. The second-order valence-electron chi connectivity index (χ2n) is 4.65. The van der Waals surface area contributed by atoms with Gasteiger partial charge in [0, 0.05) is 12.4 Å². The van der Waals surface area contributed by atoms with E-state index in [4.69, 9.17) is 11.6 Å². The van der Waals surface area contributed by atoms with E-state index in [-0.39, 0.29) is 5.28 Å². The maximum Gasteiger partial charge on any atom is 0.224 e. The molecule has 0 aliphatic carbocycles. The van der Waals surface area contributed by atoms with Crippen LogP contribution in [0, 0.1) is 13.8 Å². The largest absolute Gasteiger partial charge is 0.337 e. The van der Waals surface area contributed by atoms with Crippen molar-refractivity contribution in [1.82, 2.24) is 19.7 Å². The van der Waals surface area contributed by atoms with Gasteiger partial charge in [-0.2, -0.15) is 10.1 Å². The highest BCUT2D eigenvalue weighted by atomic mass is 35.5. The van der Waals surface area contributed by atoms with Gasteiger partial charge in [-0.25, -0.2) is 4.98 Å². The fraction of sp³-hybridized carbons (Fsp3) is 0.214. The van der Waals surface area contributed by atoms with E-state index in [9.17, 15) is 0 Å². The molecule has 0 saturated carbocycles. The summed E-state index contributed by atoms with van der Waals surface area (Å²) in [5.74, 6) is 0.694. The van der Waals surface area contributed by atoms with Crippen LogP contribution in [0.2, 0.25) is 5.28 Å². The van der Waals surface area contributed by atoms with Crippen molar-refractivity contribution in [3.63, 3.8) is 0 Å². The quantitative estimate of drug-likeness (QED) is 0.734. The number of benzene rings is 1. The molecule has 1 aromatic carbocycles. The van der Waals surface area contributed by atoms with Gasteiger partial charge in [-0.15, -0.1) is 0 Å². The number of anilines is 2. The smallest absolute Gasteiger partial charge is 0.224 e. The molecule has 0 bridgehead atoms. The van der Waals surface area contributed by atoms with Crippen molar-refractivity contribution in [1.29, 1.82) is 0 Å². The predicted molar refractivity (Wildman–Crippen MR) is 80.5 cm³/mol. The van der Waals surface area contributed by atoms with Crippen molar-refractivity contribution in [3.8, 4) is 0 Å². The molecule has 0 aliphatic heterocycles.